The van der Waals surface area contributed by atoms with Crippen LogP contribution in [-0.2, 0) is 0 Å². The predicted octanol–water partition coefficient (Wildman–Crippen LogP) is 1.58. The largest absolute Gasteiger partial charge is 0.382 e. The average Bonchev–Trinajstić information content (AvgIpc) is 2.92. The lowest BCUT2D eigenvalue weighted by Crippen LogP contribution is -2.29. The van der Waals surface area contributed by atoms with Crippen LogP contribution in [-0.4, -0.2) is 32.8 Å². The summed E-state index contributed by atoms with van der Waals surface area (Å²) < 4.78 is 1.99. The minimum atomic E-state index is 0.259. The Hall–Kier alpha value is -1.86. The van der Waals surface area contributed by atoms with Crippen LogP contribution >= 0.6 is 11.6 Å². The maximum absolute atomic E-state index is 5.79. The van der Waals surface area contributed by atoms with Crippen LogP contribution in [0.4, 0.5) is 17.5 Å². The monoisotopic (exact) mass is 293 g/mol. The molecule has 7 nitrogen and oxygen atoms in total. The Morgan fingerprint density at radius 2 is 2.15 bits per heavy atom. The number of rotatable bonds is 3. The van der Waals surface area contributed by atoms with Crippen molar-refractivity contribution in [2.45, 2.75) is 18.9 Å². The summed E-state index contributed by atoms with van der Waals surface area (Å²) in [7, 11) is 0. The highest BCUT2D eigenvalue weighted by atomic mass is 35.5. The van der Waals surface area contributed by atoms with E-state index < -0.39 is 0 Å². The lowest BCUT2D eigenvalue weighted by molar-refractivity contribution is 0.343. The van der Waals surface area contributed by atoms with Crippen molar-refractivity contribution >= 4 is 29.1 Å². The second-order valence-corrected chi connectivity index (χ2v) is 5.15. The van der Waals surface area contributed by atoms with Gasteiger partial charge in [0.25, 0.3) is 0 Å². The first-order valence-electron chi connectivity index (χ1n) is 6.52. The molecule has 2 aromatic heterocycles. The molecule has 3 rings (SSSR count). The first kappa shape index (κ1) is 13.1. The fourth-order valence-electron chi connectivity index (χ4n) is 2.24. The molecule has 0 bridgehead atoms. The highest BCUT2D eigenvalue weighted by Gasteiger charge is 2.15. The lowest BCUT2D eigenvalue weighted by atomic mass is 10.1. The van der Waals surface area contributed by atoms with E-state index in [1.54, 1.807) is 6.20 Å². The summed E-state index contributed by atoms with van der Waals surface area (Å²) in [4.78, 5) is 8.14. The van der Waals surface area contributed by atoms with Crippen LogP contribution in [0, 0.1) is 0 Å². The van der Waals surface area contributed by atoms with E-state index in [-0.39, 0.29) is 5.82 Å². The lowest BCUT2D eigenvalue weighted by Gasteiger charge is -2.22. The van der Waals surface area contributed by atoms with Crippen molar-refractivity contribution in [1.29, 1.82) is 0 Å². The zero-order chi connectivity index (χ0) is 13.9. The number of halogens is 1. The van der Waals surface area contributed by atoms with Crippen molar-refractivity contribution in [2.24, 2.45) is 0 Å². The van der Waals surface area contributed by atoms with E-state index in [0.717, 1.165) is 31.6 Å². The van der Waals surface area contributed by atoms with Crippen molar-refractivity contribution in [2.75, 3.05) is 24.1 Å². The Balaban J connectivity index is 1.71. The van der Waals surface area contributed by atoms with Crippen LogP contribution in [0.3, 0.4) is 0 Å². The van der Waals surface area contributed by atoms with Crippen molar-refractivity contribution in [3.63, 3.8) is 0 Å². The number of nitrogens with zero attached hydrogens (tertiary/aromatic N) is 4. The van der Waals surface area contributed by atoms with Crippen molar-refractivity contribution in [3.8, 4) is 0 Å². The van der Waals surface area contributed by atoms with Gasteiger partial charge in [0.1, 0.15) is 10.8 Å². The summed E-state index contributed by atoms with van der Waals surface area (Å²) in [6.07, 6.45) is 7.38. The van der Waals surface area contributed by atoms with Crippen LogP contribution < -0.4 is 16.4 Å². The van der Waals surface area contributed by atoms with Crippen LogP contribution in [0.15, 0.2) is 18.6 Å². The molecule has 1 aliphatic rings. The van der Waals surface area contributed by atoms with Crippen molar-refractivity contribution in [1.82, 2.24) is 25.1 Å². The van der Waals surface area contributed by atoms with Gasteiger partial charge in [0.15, 0.2) is 0 Å². The van der Waals surface area contributed by atoms with Gasteiger partial charge in [0.2, 0.25) is 5.95 Å². The summed E-state index contributed by atoms with van der Waals surface area (Å²) in [6.45, 7) is 2.06. The van der Waals surface area contributed by atoms with Gasteiger partial charge in [-0.1, -0.05) is 11.6 Å². The second-order valence-electron chi connectivity index (χ2n) is 4.74. The number of anilines is 3. The summed E-state index contributed by atoms with van der Waals surface area (Å²) in [6, 6.07) is 0.447. The molecule has 0 unspecified atom stereocenters. The van der Waals surface area contributed by atoms with Gasteiger partial charge in [-0.25, -0.2) is 4.98 Å². The number of hydrogen-bond acceptors (Lipinski definition) is 6. The predicted molar refractivity (Wildman–Crippen MR) is 78.1 cm³/mol. The minimum absolute atomic E-state index is 0.259. The van der Waals surface area contributed by atoms with E-state index in [9.17, 15) is 0 Å². The summed E-state index contributed by atoms with van der Waals surface area (Å²) in [5, 5.41) is 11.1. The van der Waals surface area contributed by atoms with Gasteiger partial charge in [-0.2, -0.15) is 10.1 Å². The Kier molecular flexibility index (Phi) is 3.70. The molecular weight excluding hydrogens is 278 g/mol. The molecule has 0 radical (unpaired) electrons. The molecule has 1 fully saturated rings. The Morgan fingerprint density at radius 1 is 1.35 bits per heavy atom. The fraction of sp³-hybridized carbons (Fsp3) is 0.417. The Morgan fingerprint density at radius 3 is 2.90 bits per heavy atom. The maximum Gasteiger partial charge on any atom is 0.229 e. The second kappa shape index (κ2) is 5.64. The highest BCUT2D eigenvalue weighted by molar-refractivity contribution is 6.32. The van der Waals surface area contributed by atoms with Gasteiger partial charge < -0.3 is 16.4 Å². The van der Waals surface area contributed by atoms with E-state index in [0.29, 0.717) is 17.0 Å². The normalized spacial score (nSPS) is 16.2. The standard InChI is InChI=1S/C12H16ClN7/c13-10-6-16-12(19-11(10)14)18-8-5-17-20(7-8)9-1-3-15-4-2-9/h5-7,9,15H,1-4H2,(H3,14,16,18,19). The Bertz CT molecular complexity index is 591. The summed E-state index contributed by atoms with van der Waals surface area (Å²) in [5.41, 5.74) is 6.48. The zero-order valence-corrected chi connectivity index (χ0v) is 11.6. The average molecular weight is 294 g/mol. The molecule has 4 N–H and O–H groups in total. The number of nitrogens with one attached hydrogen (secondary N) is 2. The molecule has 8 heteroatoms. The van der Waals surface area contributed by atoms with Crippen LogP contribution in [0.2, 0.25) is 5.02 Å². The van der Waals surface area contributed by atoms with E-state index in [1.807, 2.05) is 10.9 Å². The van der Waals surface area contributed by atoms with E-state index in [2.05, 4.69) is 25.7 Å². The number of hydrogen-bond donors (Lipinski definition) is 3. The molecular formula is C12H16ClN7. The molecule has 106 valence electrons. The van der Waals surface area contributed by atoms with Gasteiger partial charge in [-0.05, 0) is 25.9 Å². The Labute approximate surface area is 121 Å². The third-order valence-electron chi connectivity index (χ3n) is 3.31. The van der Waals surface area contributed by atoms with Gasteiger partial charge in [0, 0.05) is 6.20 Å². The molecule has 1 aliphatic heterocycles. The topological polar surface area (TPSA) is 93.7 Å². The summed E-state index contributed by atoms with van der Waals surface area (Å²) >= 11 is 5.79. The molecule has 0 atom stereocenters. The molecule has 0 amide bonds. The third kappa shape index (κ3) is 2.83. The number of piperidine rings is 1. The van der Waals surface area contributed by atoms with E-state index in [1.165, 1.54) is 6.20 Å². The van der Waals surface area contributed by atoms with E-state index in [4.69, 9.17) is 17.3 Å². The molecule has 2 aromatic rings. The maximum atomic E-state index is 5.79. The summed E-state index contributed by atoms with van der Waals surface area (Å²) in [5.74, 6) is 0.673. The van der Waals surface area contributed by atoms with Crippen LogP contribution in [0.1, 0.15) is 18.9 Å². The molecule has 0 aromatic carbocycles. The molecule has 3 heterocycles. The molecule has 20 heavy (non-hydrogen) atoms. The first-order chi connectivity index (χ1) is 9.72. The molecule has 0 saturated carbocycles. The van der Waals surface area contributed by atoms with Gasteiger partial charge in [-0.15, -0.1) is 0 Å². The minimum Gasteiger partial charge on any atom is -0.382 e. The van der Waals surface area contributed by atoms with E-state index >= 15 is 0 Å². The molecule has 0 aliphatic carbocycles. The van der Waals surface area contributed by atoms with Gasteiger partial charge in [-0.3, -0.25) is 4.68 Å². The quantitative estimate of drug-likeness (QED) is 0.795. The van der Waals surface area contributed by atoms with Crippen molar-refractivity contribution in [3.05, 3.63) is 23.6 Å². The van der Waals surface area contributed by atoms with Gasteiger partial charge in [0.05, 0.1) is 24.1 Å². The zero-order valence-electron chi connectivity index (χ0n) is 10.9. The smallest absolute Gasteiger partial charge is 0.229 e. The molecule has 0 spiro atoms. The fourth-order valence-corrected chi connectivity index (χ4v) is 2.33. The van der Waals surface area contributed by atoms with Crippen LogP contribution in [0.5, 0.6) is 0 Å². The molecule has 1 saturated heterocycles. The highest BCUT2D eigenvalue weighted by Crippen LogP contribution is 2.22. The number of aromatic nitrogens is 4. The van der Waals surface area contributed by atoms with Crippen molar-refractivity contribution < 1.29 is 0 Å². The third-order valence-corrected chi connectivity index (χ3v) is 3.60. The number of nitrogens with two attached hydrogens (primary N) is 1. The number of nitrogen functional groups attached to an aromatic ring is 1. The van der Waals surface area contributed by atoms with Gasteiger partial charge >= 0.3 is 0 Å². The van der Waals surface area contributed by atoms with Crippen LogP contribution in [0.25, 0.3) is 0 Å². The first-order valence-corrected chi connectivity index (χ1v) is 6.90. The SMILES string of the molecule is Nc1nc(Nc2cnn(C3CCNCC3)c2)ncc1Cl.